The molecule has 182 valence electrons. The van der Waals surface area contributed by atoms with Gasteiger partial charge in [-0.3, -0.25) is 9.67 Å². The van der Waals surface area contributed by atoms with Crippen molar-refractivity contribution >= 4 is 34.1 Å². The highest BCUT2D eigenvalue weighted by atomic mass is 35.5. The molecule has 2 atom stereocenters. The fraction of sp³-hybridized carbons (Fsp3) is 0.458. The van der Waals surface area contributed by atoms with E-state index in [4.69, 9.17) is 11.6 Å². The molecule has 3 aromatic rings. The van der Waals surface area contributed by atoms with Crippen LogP contribution in [0.5, 0.6) is 0 Å². The van der Waals surface area contributed by atoms with Crippen molar-refractivity contribution in [2.75, 3.05) is 5.32 Å². The summed E-state index contributed by atoms with van der Waals surface area (Å²) in [5.41, 5.74) is 0.0306. The Morgan fingerprint density at radius 1 is 1.26 bits per heavy atom. The Bertz CT molecular complexity index is 1190. The summed E-state index contributed by atoms with van der Waals surface area (Å²) < 4.78 is 42.0. The average Bonchev–Trinajstić information content (AvgIpc) is 3.21. The van der Waals surface area contributed by atoms with Gasteiger partial charge in [0.05, 0.1) is 17.3 Å². The minimum atomic E-state index is -4.57. The van der Waals surface area contributed by atoms with Crippen LogP contribution in [0.4, 0.5) is 18.9 Å². The minimum absolute atomic E-state index is 0.137. The molecule has 10 heteroatoms. The number of fused-ring (bicyclic) bond motifs is 1. The van der Waals surface area contributed by atoms with Gasteiger partial charge in [-0.05, 0) is 61.9 Å². The van der Waals surface area contributed by atoms with E-state index in [9.17, 15) is 18.3 Å². The zero-order valence-electron chi connectivity index (χ0n) is 18.9. The molecule has 0 aliphatic heterocycles. The van der Waals surface area contributed by atoms with Crippen molar-refractivity contribution < 1.29 is 18.3 Å². The van der Waals surface area contributed by atoms with Gasteiger partial charge in [0, 0.05) is 40.8 Å². The lowest BCUT2D eigenvalue weighted by Gasteiger charge is -2.30. The second kappa shape index (κ2) is 9.82. The van der Waals surface area contributed by atoms with Gasteiger partial charge in [-0.25, -0.2) is 4.98 Å². The summed E-state index contributed by atoms with van der Waals surface area (Å²) in [6.07, 6.45) is -0.124. The molecule has 1 aromatic carbocycles. The van der Waals surface area contributed by atoms with Crippen molar-refractivity contribution in [1.29, 1.82) is 0 Å². The van der Waals surface area contributed by atoms with E-state index in [0.29, 0.717) is 40.7 Å². The van der Waals surface area contributed by atoms with Crippen molar-refractivity contribution in [3.8, 4) is 0 Å². The third-order valence-corrected chi connectivity index (χ3v) is 6.08. The number of benzene rings is 1. The Morgan fingerprint density at radius 3 is 2.79 bits per heavy atom. The summed E-state index contributed by atoms with van der Waals surface area (Å²) >= 11 is 6.10. The first-order valence-electron chi connectivity index (χ1n) is 11.3. The second-order valence-electron chi connectivity index (χ2n) is 9.10. The number of rotatable bonds is 6. The van der Waals surface area contributed by atoms with Gasteiger partial charge < -0.3 is 10.4 Å². The second-order valence-corrected chi connectivity index (χ2v) is 9.54. The fourth-order valence-electron chi connectivity index (χ4n) is 4.33. The number of aromatic nitrogens is 3. The standard InChI is InChI=1S/C24H27ClF3N5O/c1-14(2)13-33-21(8-9-29-33)23(34)31-17-5-3-4-16(11-17)30-20-12-22(24(26,27)28)32-19-7-6-15(25)10-18(19)20/h6-10,12,14,16-17H,3-5,11,13H2,1-2H3,(H,30,32)(H,31,34)/p-1/t16-,17?/m0/s1. The number of aliphatic imine (C=N–C) groups is 1. The lowest BCUT2D eigenvalue weighted by Crippen LogP contribution is -2.32. The van der Waals surface area contributed by atoms with Crippen LogP contribution in [0.25, 0.3) is 10.9 Å². The summed E-state index contributed by atoms with van der Waals surface area (Å²) in [4.78, 5) is 8.18. The van der Waals surface area contributed by atoms with Gasteiger partial charge in [0.1, 0.15) is 5.69 Å². The third-order valence-electron chi connectivity index (χ3n) is 5.84. The van der Waals surface area contributed by atoms with Gasteiger partial charge in [0.2, 0.25) is 0 Å². The van der Waals surface area contributed by atoms with Crippen molar-refractivity contribution in [2.45, 2.75) is 64.3 Å². The molecular formula is C24H26ClF3N5O-. The molecule has 6 nitrogen and oxygen atoms in total. The highest BCUT2D eigenvalue weighted by molar-refractivity contribution is 6.31. The first kappa shape index (κ1) is 24.3. The van der Waals surface area contributed by atoms with Crippen molar-refractivity contribution in [3.05, 3.63) is 52.9 Å². The normalized spacial score (nSPS) is 19.7. The predicted octanol–water partition coefficient (Wildman–Crippen LogP) is 5.29. The van der Waals surface area contributed by atoms with Crippen LogP contribution in [0.1, 0.15) is 50.9 Å². The van der Waals surface area contributed by atoms with Gasteiger partial charge in [-0.2, -0.15) is 18.3 Å². The number of pyridine rings is 1. The zero-order valence-corrected chi connectivity index (χ0v) is 19.7. The molecule has 1 N–H and O–H groups in total. The summed E-state index contributed by atoms with van der Waals surface area (Å²) in [5.74, 6) is 0.0179. The van der Waals surface area contributed by atoms with E-state index in [1.807, 2.05) is 13.8 Å². The minimum Gasteiger partial charge on any atom is -0.857 e. The maximum Gasteiger partial charge on any atom is 0.433 e. The SMILES string of the molecule is CC(C)Cn1nccc1C([O-])=NC1CCC[C@H](Nc2cc(C(F)(F)F)nc3ccc(Cl)cc23)C1. The van der Waals surface area contributed by atoms with Crippen LogP contribution >= 0.6 is 11.6 Å². The maximum atomic E-state index is 13.4. The molecule has 1 saturated carbocycles. The van der Waals surface area contributed by atoms with E-state index < -0.39 is 11.9 Å². The fourth-order valence-corrected chi connectivity index (χ4v) is 4.50. The van der Waals surface area contributed by atoms with Crippen LogP contribution in [0.3, 0.4) is 0 Å². The number of hydrogen-bond donors (Lipinski definition) is 1. The molecule has 1 fully saturated rings. The van der Waals surface area contributed by atoms with E-state index in [0.717, 1.165) is 25.3 Å². The van der Waals surface area contributed by atoms with E-state index in [2.05, 4.69) is 20.4 Å². The molecule has 0 saturated heterocycles. The summed E-state index contributed by atoms with van der Waals surface area (Å²) in [7, 11) is 0. The zero-order chi connectivity index (χ0) is 24.5. The monoisotopic (exact) mass is 492 g/mol. The Morgan fingerprint density at radius 2 is 2.06 bits per heavy atom. The molecule has 0 bridgehead atoms. The van der Waals surface area contributed by atoms with Crippen LogP contribution in [0, 0.1) is 5.92 Å². The van der Waals surface area contributed by atoms with Gasteiger partial charge in [0.25, 0.3) is 0 Å². The largest absolute Gasteiger partial charge is 0.857 e. The summed E-state index contributed by atoms with van der Waals surface area (Å²) in [6.45, 7) is 4.72. The quantitative estimate of drug-likeness (QED) is 0.374. The Hall–Kier alpha value is -2.81. The molecule has 0 spiro atoms. The van der Waals surface area contributed by atoms with Gasteiger partial charge in [-0.1, -0.05) is 25.4 Å². The molecule has 4 rings (SSSR count). The number of nitrogens with one attached hydrogen (secondary N) is 1. The first-order valence-corrected chi connectivity index (χ1v) is 11.7. The van der Waals surface area contributed by atoms with Crippen molar-refractivity contribution in [3.63, 3.8) is 0 Å². The van der Waals surface area contributed by atoms with E-state index in [1.54, 1.807) is 23.0 Å². The Labute approximate surface area is 200 Å². The van der Waals surface area contributed by atoms with E-state index in [1.165, 1.54) is 12.1 Å². The highest BCUT2D eigenvalue weighted by Crippen LogP contribution is 2.35. The summed E-state index contributed by atoms with van der Waals surface area (Å²) in [6, 6.07) is 6.94. The molecular weight excluding hydrogens is 467 g/mol. The van der Waals surface area contributed by atoms with Crippen molar-refractivity contribution in [2.24, 2.45) is 10.9 Å². The summed E-state index contributed by atoms with van der Waals surface area (Å²) in [5, 5.41) is 21.2. The van der Waals surface area contributed by atoms with Gasteiger partial charge in [-0.15, -0.1) is 0 Å². The number of halogens is 4. The Kier molecular flexibility index (Phi) is 7.02. The molecule has 1 aliphatic carbocycles. The first-order chi connectivity index (χ1) is 16.1. The number of nitrogens with zero attached hydrogens (tertiary/aromatic N) is 4. The Balaban J connectivity index is 1.56. The topological polar surface area (TPSA) is 78.2 Å². The van der Waals surface area contributed by atoms with Crippen molar-refractivity contribution in [1.82, 2.24) is 14.8 Å². The predicted molar refractivity (Wildman–Crippen MR) is 125 cm³/mol. The van der Waals surface area contributed by atoms with Crippen LogP contribution in [0.2, 0.25) is 5.02 Å². The van der Waals surface area contributed by atoms with Gasteiger partial charge in [0.15, 0.2) is 0 Å². The molecule has 0 amide bonds. The molecule has 2 heterocycles. The maximum absolute atomic E-state index is 13.4. The molecule has 0 radical (unpaired) electrons. The van der Waals surface area contributed by atoms with E-state index >= 15 is 0 Å². The lowest BCUT2D eigenvalue weighted by atomic mass is 9.91. The van der Waals surface area contributed by atoms with Crippen LogP contribution in [-0.2, 0) is 12.7 Å². The van der Waals surface area contributed by atoms with Gasteiger partial charge >= 0.3 is 6.18 Å². The van der Waals surface area contributed by atoms with Crippen LogP contribution in [0.15, 0.2) is 41.5 Å². The number of alkyl halides is 3. The highest BCUT2D eigenvalue weighted by Gasteiger charge is 2.34. The number of hydrogen-bond acceptors (Lipinski definition) is 5. The molecule has 2 aromatic heterocycles. The van der Waals surface area contributed by atoms with Crippen LogP contribution in [-0.4, -0.2) is 32.7 Å². The molecule has 1 unspecified atom stereocenters. The third kappa shape index (κ3) is 5.63. The molecule has 34 heavy (non-hydrogen) atoms. The lowest BCUT2D eigenvalue weighted by molar-refractivity contribution is -0.214. The molecule has 1 aliphatic rings. The van der Waals surface area contributed by atoms with E-state index in [-0.39, 0.29) is 23.5 Å². The smallest absolute Gasteiger partial charge is 0.433 e. The van der Waals surface area contributed by atoms with Crippen LogP contribution < -0.4 is 10.4 Å². The average molecular weight is 493 g/mol. The number of anilines is 1.